The van der Waals surface area contributed by atoms with Crippen LogP contribution in [0.4, 0.5) is 9.18 Å². The summed E-state index contributed by atoms with van der Waals surface area (Å²) in [5.41, 5.74) is -0.0735. The molecule has 5 rings (SSSR count). The molecule has 11 heteroatoms. The van der Waals surface area contributed by atoms with E-state index >= 15 is 0 Å². The molecule has 3 aliphatic carbocycles. The van der Waals surface area contributed by atoms with Crippen LogP contribution < -0.4 is 4.72 Å². The van der Waals surface area contributed by atoms with Crippen LogP contribution in [0.2, 0.25) is 0 Å². The van der Waals surface area contributed by atoms with Gasteiger partial charge in [-0.05, 0) is 57.8 Å². The smallest absolute Gasteiger partial charge is 0.410 e. The number of likely N-dealkylation sites (tertiary alicyclic amines) is 1. The van der Waals surface area contributed by atoms with Crippen LogP contribution >= 0.6 is 0 Å². The largest absolute Gasteiger partial charge is 0.453 e. The minimum Gasteiger partial charge on any atom is -0.453 e. The molecule has 3 saturated carbocycles. The zero-order chi connectivity index (χ0) is 23.4. The average molecular weight is 483 g/mol. The lowest BCUT2D eigenvalue weighted by atomic mass is 9.86. The van der Waals surface area contributed by atoms with Gasteiger partial charge in [-0.1, -0.05) is 0 Å². The van der Waals surface area contributed by atoms with Gasteiger partial charge in [0, 0.05) is 17.5 Å². The Morgan fingerprint density at radius 3 is 2.64 bits per heavy atom. The number of methoxy groups -OCH3 is 1. The quantitative estimate of drug-likeness (QED) is 0.634. The Bertz CT molecular complexity index is 1000. The third kappa shape index (κ3) is 4.35. The number of nitrogens with zero attached hydrogens (tertiary/aromatic N) is 3. The van der Waals surface area contributed by atoms with Gasteiger partial charge in [0.15, 0.2) is 5.82 Å². The van der Waals surface area contributed by atoms with Gasteiger partial charge in [0.05, 0.1) is 43.5 Å². The van der Waals surface area contributed by atoms with Crippen molar-refractivity contribution in [3.05, 3.63) is 24.0 Å². The van der Waals surface area contributed by atoms with E-state index in [9.17, 15) is 17.6 Å². The van der Waals surface area contributed by atoms with Gasteiger partial charge in [-0.2, -0.15) is 0 Å². The van der Waals surface area contributed by atoms with Gasteiger partial charge in [-0.15, -0.1) is 0 Å². The Morgan fingerprint density at radius 1 is 1.27 bits per heavy atom. The van der Waals surface area contributed by atoms with Gasteiger partial charge in [0.1, 0.15) is 5.82 Å². The van der Waals surface area contributed by atoms with Gasteiger partial charge in [-0.25, -0.2) is 32.3 Å². The number of rotatable bonds is 7. The third-order valence-corrected chi connectivity index (χ3v) is 9.80. The molecule has 1 amide bonds. The summed E-state index contributed by atoms with van der Waals surface area (Å²) in [5.74, 6) is 0.672. The molecule has 4 aliphatic rings. The van der Waals surface area contributed by atoms with E-state index in [1.807, 2.05) is 6.92 Å². The Labute approximate surface area is 193 Å². The second-order valence-electron chi connectivity index (χ2n) is 10.0. The van der Waals surface area contributed by atoms with Crippen LogP contribution in [-0.4, -0.2) is 72.6 Å². The fourth-order valence-corrected chi connectivity index (χ4v) is 7.40. The molecule has 0 radical (unpaired) electrons. The van der Waals surface area contributed by atoms with Gasteiger partial charge < -0.3 is 9.47 Å². The molecule has 0 aromatic carbocycles. The van der Waals surface area contributed by atoms with E-state index in [4.69, 9.17) is 9.47 Å². The van der Waals surface area contributed by atoms with Crippen LogP contribution in [-0.2, 0) is 24.9 Å². The number of halogens is 1. The van der Waals surface area contributed by atoms with Crippen LogP contribution in [0.1, 0.15) is 57.7 Å². The summed E-state index contributed by atoms with van der Waals surface area (Å²) in [6.45, 7) is 2.14. The van der Waals surface area contributed by atoms with Crippen molar-refractivity contribution in [1.82, 2.24) is 19.6 Å². The average Bonchev–Trinajstić information content (AvgIpc) is 3.69. The van der Waals surface area contributed by atoms with Gasteiger partial charge in [-0.3, -0.25) is 4.90 Å². The predicted octanol–water partition coefficient (Wildman–Crippen LogP) is 2.12. The fraction of sp³-hybridized carbons (Fsp3) is 0.773. The second-order valence-corrected chi connectivity index (χ2v) is 12.0. The number of nitrogens with one attached hydrogen (secondary N) is 1. The molecule has 1 N–H and O–H groups in total. The number of hydrogen-bond acceptors (Lipinski definition) is 7. The number of carbonyl (C=O) groups is 1. The summed E-state index contributed by atoms with van der Waals surface area (Å²) in [6, 6.07) is -0.982. The summed E-state index contributed by atoms with van der Waals surface area (Å²) in [4.78, 5) is 22.5. The lowest BCUT2D eigenvalue weighted by Crippen LogP contribution is -2.51. The lowest BCUT2D eigenvalue weighted by Gasteiger charge is -2.32. The van der Waals surface area contributed by atoms with E-state index in [1.165, 1.54) is 19.5 Å². The molecular formula is C22H31FN4O5S. The van der Waals surface area contributed by atoms with E-state index in [-0.39, 0.29) is 29.4 Å². The summed E-state index contributed by atoms with van der Waals surface area (Å²) < 4.78 is 52.4. The second kappa shape index (κ2) is 8.42. The number of fused-ring (bicyclic) bond motifs is 1. The van der Waals surface area contributed by atoms with E-state index in [1.54, 1.807) is 4.90 Å². The van der Waals surface area contributed by atoms with Crippen molar-refractivity contribution in [2.24, 2.45) is 5.92 Å². The van der Waals surface area contributed by atoms with Crippen molar-refractivity contribution in [3.8, 4) is 0 Å². The Hall–Kier alpha value is -1.85. The molecule has 1 aromatic rings. The molecular weight excluding hydrogens is 451 g/mol. The zero-order valence-corrected chi connectivity index (χ0v) is 19.8. The van der Waals surface area contributed by atoms with Crippen molar-refractivity contribution < 1.29 is 27.1 Å². The molecule has 9 nitrogen and oxygen atoms in total. The van der Waals surface area contributed by atoms with E-state index in [0.717, 1.165) is 25.7 Å². The Morgan fingerprint density at radius 2 is 2.00 bits per heavy atom. The maximum atomic E-state index is 13.2. The highest BCUT2D eigenvalue weighted by Gasteiger charge is 2.60. The molecule has 1 saturated heterocycles. The standard InChI is InChI=1S/C22H31FN4O5S/c1-13-7-18(26-33(29,30)17-3-4-17)19(27(13)21(28)31-2)12-32-16-5-6-22(9-14(22)8-16)20-24-10-15(23)11-25-20/h10-11,13-14,16-19,26H,3-9,12H2,1-2H3/t13-,14-,16+,18+,19+,22-/m1/s1. The number of sulfonamides is 1. The van der Waals surface area contributed by atoms with E-state index in [2.05, 4.69) is 14.7 Å². The van der Waals surface area contributed by atoms with Gasteiger partial charge >= 0.3 is 6.09 Å². The molecule has 2 heterocycles. The number of carbonyl (C=O) groups excluding carboxylic acids is 1. The highest BCUT2D eigenvalue weighted by Crippen LogP contribution is 2.61. The van der Waals surface area contributed by atoms with Gasteiger partial charge in [0.2, 0.25) is 10.0 Å². The maximum absolute atomic E-state index is 13.2. The van der Waals surface area contributed by atoms with Crippen molar-refractivity contribution in [2.75, 3.05) is 13.7 Å². The van der Waals surface area contributed by atoms with Crippen molar-refractivity contribution in [1.29, 1.82) is 0 Å². The maximum Gasteiger partial charge on any atom is 0.410 e. The van der Waals surface area contributed by atoms with Gasteiger partial charge in [0.25, 0.3) is 0 Å². The molecule has 1 aliphatic heterocycles. The fourth-order valence-electron chi connectivity index (χ4n) is 5.78. The topological polar surface area (TPSA) is 111 Å². The van der Waals surface area contributed by atoms with Crippen molar-refractivity contribution >= 4 is 16.1 Å². The SMILES string of the molecule is COC(=O)N1[C@H](C)C[C@H](NS(=O)(=O)C2CC2)[C@@H]1CO[C@H]1CC[C@@]2(c3ncc(F)cn3)C[C@H]2C1. The highest BCUT2D eigenvalue weighted by atomic mass is 32.2. The number of hydrogen-bond donors (Lipinski definition) is 1. The molecule has 1 aromatic heterocycles. The Balaban J connectivity index is 1.23. The first kappa shape index (κ1) is 22.9. The number of ether oxygens (including phenoxy) is 2. The first-order valence-electron chi connectivity index (χ1n) is 11.7. The molecule has 4 fully saturated rings. The molecule has 182 valence electrons. The van der Waals surface area contributed by atoms with Crippen LogP contribution in [0, 0.1) is 11.7 Å². The van der Waals surface area contributed by atoms with E-state index in [0.29, 0.717) is 31.0 Å². The van der Waals surface area contributed by atoms with Crippen LogP contribution in [0.25, 0.3) is 0 Å². The van der Waals surface area contributed by atoms with Crippen LogP contribution in [0.5, 0.6) is 0 Å². The Kier molecular flexibility index (Phi) is 5.85. The molecule has 0 bridgehead atoms. The molecule has 0 unspecified atom stereocenters. The first-order chi connectivity index (χ1) is 15.7. The molecule has 6 atom stereocenters. The van der Waals surface area contributed by atoms with Crippen LogP contribution in [0.15, 0.2) is 12.4 Å². The summed E-state index contributed by atoms with van der Waals surface area (Å²) >= 11 is 0. The lowest BCUT2D eigenvalue weighted by molar-refractivity contribution is -0.0103. The summed E-state index contributed by atoms with van der Waals surface area (Å²) in [5, 5.41) is -0.323. The predicted molar refractivity (Wildman–Crippen MR) is 116 cm³/mol. The van der Waals surface area contributed by atoms with Crippen molar-refractivity contribution in [3.63, 3.8) is 0 Å². The number of amides is 1. The third-order valence-electron chi connectivity index (χ3n) is 7.82. The minimum absolute atomic E-state index is 0.0159. The summed E-state index contributed by atoms with van der Waals surface area (Å²) in [6.07, 6.45) is 7.38. The number of aromatic nitrogens is 2. The zero-order valence-electron chi connectivity index (χ0n) is 18.9. The normalized spacial score (nSPS) is 35.8. The van der Waals surface area contributed by atoms with Crippen molar-refractivity contribution in [2.45, 2.75) is 86.8 Å². The first-order valence-corrected chi connectivity index (χ1v) is 13.2. The van der Waals surface area contributed by atoms with Crippen LogP contribution in [0.3, 0.4) is 0 Å². The highest BCUT2D eigenvalue weighted by molar-refractivity contribution is 7.90. The van der Waals surface area contributed by atoms with E-state index < -0.39 is 34.0 Å². The summed E-state index contributed by atoms with van der Waals surface area (Å²) in [7, 11) is -2.06. The molecule has 0 spiro atoms. The monoisotopic (exact) mass is 482 g/mol. The minimum atomic E-state index is -3.39. The molecule has 33 heavy (non-hydrogen) atoms.